The van der Waals surface area contributed by atoms with Gasteiger partial charge in [-0.3, -0.25) is 9.59 Å². The summed E-state index contributed by atoms with van der Waals surface area (Å²) < 4.78 is 0. The van der Waals surface area contributed by atoms with Gasteiger partial charge >= 0.3 is 0 Å². The molecule has 0 bridgehead atoms. The van der Waals surface area contributed by atoms with Crippen LogP contribution in [0.2, 0.25) is 5.02 Å². The van der Waals surface area contributed by atoms with Crippen molar-refractivity contribution in [3.63, 3.8) is 0 Å². The summed E-state index contributed by atoms with van der Waals surface area (Å²) in [6, 6.07) is 15.9. The van der Waals surface area contributed by atoms with Crippen LogP contribution < -0.4 is 10.2 Å². The molecule has 0 unspecified atom stereocenters. The third-order valence-electron chi connectivity index (χ3n) is 5.71. The summed E-state index contributed by atoms with van der Waals surface area (Å²) in [6.07, 6.45) is 0.215. The Morgan fingerprint density at radius 1 is 1.00 bits per heavy atom. The normalized spacial score (nSPS) is 13.8. The SMILES string of the molecule is Cc1ccc(-c2nc(C)sc2CC(=O)NCC(=O)N2CCN(c3ccc(Cl)cc3)CC2)cc1. The van der Waals surface area contributed by atoms with Crippen molar-refractivity contribution in [2.24, 2.45) is 0 Å². The Morgan fingerprint density at radius 3 is 2.33 bits per heavy atom. The first-order chi connectivity index (χ1) is 15.9. The lowest BCUT2D eigenvalue weighted by Gasteiger charge is -2.36. The zero-order valence-corrected chi connectivity index (χ0v) is 20.4. The van der Waals surface area contributed by atoms with E-state index in [9.17, 15) is 9.59 Å². The topological polar surface area (TPSA) is 65.5 Å². The molecule has 0 atom stereocenters. The van der Waals surface area contributed by atoms with Gasteiger partial charge in [0.15, 0.2) is 0 Å². The molecule has 172 valence electrons. The molecular weight excluding hydrogens is 456 g/mol. The van der Waals surface area contributed by atoms with Crippen LogP contribution in [0.3, 0.4) is 0 Å². The maximum Gasteiger partial charge on any atom is 0.242 e. The van der Waals surface area contributed by atoms with E-state index in [-0.39, 0.29) is 24.8 Å². The highest BCUT2D eigenvalue weighted by atomic mass is 35.5. The number of anilines is 1. The van der Waals surface area contributed by atoms with Crippen LogP contribution in [0.5, 0.6) is 0 Å². The van der Waals surface area contributed by atoms with Gasteiger partial charge in [-0.1, -0.05) is 41.4 Å². The fourth-order valence-corrected chi connectivity index (χ4v) is 4.97. The Morgan fingerprint density at radius 2 is 1.67 bits per heavy atom. The van der Waals surface area contributed by atoms with E-state index in [0.717, 1.165) is 39.9 Å². The number of aromatic nitrogens is 1. The minimum absolute atomic E-state index is 0.0113. The Bertz CT molecular complexity index is 1120. The summed E-state index contributed by atoms with van der Waals surface area (Å²) in [5, 5.41) is 4.43. The number of amides is 2. The molecule has 8 heteroatoms. The molecule has 1 aromatic heterocycles. The Labute approximate surface area is 203 Å². The number of rotatable bonds is 6. The molecule has 0 saturated carbocycles. The Kier molecular flexibility index (Phi) is 7.30. The standard InChI is InChI=1S/C25H27ClN4O2S/c1-17-3-5-19(6-4-17)25-22(33-18(2)28-25)15-23(31)27-16-24(32)30-13-11-29(12-14-30)21-9-7-20(26)8-10-21/h3-10H,11-16H2,1-2H3,(H,27,31). The second-order valence-electron chi connectivity index (χ2n) is 8.17. The van der Waals surface area contributed by atoms with E-state index in [4.69, 9.17) is 11.6 Å². The third-order valence-corrected chi connectivity index (χ3v) is 6.93. The number of nitrogens with zero attached hydrogens (tertiary/aromatic N) is 3. The molecule has 0 radical (unpaired) electrons. The molecule has 2 amide bonds. The molecule has 2 aromatic carbocycles. The third kappa shape index (κ3) is 5.92. The number of aryl methyl sites for hydroxylation is 2. The van der Waals surface area contributed by atoms with Crippen molar-refractivity contribution in [1.29, 1.82) is 0 Å². The molecule has 1 fully saturated rings. The first kappa shape index (κ1) is 23.3. The lowest BCUT2D eigenvalue weighted by atomic mass is 10.1. The van der Waals surface area contributed by atoms with Gasteiger partial charge in [0.05, 0.1) is 23.7 Å². The van der Waals surface area contributed by atoms with Gasteiger partial charge in [-0.2, -0.15) is 0 Å². The number of halogens is 1. The van der Waals surface area contributed by atoms with Crippen molar-refractivity contribution in [2.75, 3.05) is 37.6 Å². The lowest BCUT2D eigenvalue weighted by molar-refractivity contribution is -0.133. The molecule has 1 saturated heterocycles. The van der Waals surface area contributed by atoms with Gasteiger partial charge in [0.25, 0.3) is 0 Å². The highest BCUT2D eigenvalue weighted by Crippen LogP contribution is 2.28. The van der Waals surface area contributed by atoms with Gasteiger partial charge in [0, 0.05) is 47.3 Å². The van der Waals surface area contributed by atoms with Crippen LogP contribution in [0.1, 0.15) is 15.4 Å². The summed E-state index contributed by atoms with van der Waals surface area (Å²) in [5.41, 5.74) is 4.13. The molecule has 4 rings (SSSR count). The molecule has 3 aromatic rings. The van der Waals surface area contributed by atoms with E-state index >= 15 is 0 Å². The summed E-state index contributed by atoms with van der Waals surface area (Å²) >= 11 is 7.49. The quantitative estimate of drug-likeness (QED) is 0.574. The van der Waals surface area contributed by atoms with Crippen LogP contribution in [0, 0.1) is 13.8 Å². The molecule has 6 nitrogen and oxygen atoms in total. The zero-order valence-electron chi connectivity index (χ0n) is 18.8. The van der Waals surface area contributed by atoms with Crippen molar-refractivity contribution in [3.05, 3.63) is 69.0 Å². The fourth-order valence-electron chi connectivity index (χ4n) is 3.89. The summed E-state index contributed by atoms with van der Waals surface area (Å²) in [4.78, 5) is 34.8. The molecule has 0 spiro atoms. The number of benzene rings is 2. The summed E-state index contributed by atoms with van der Waals surface area (Å²) in [7, 11) is 0. The molecule has 1 aliphatic rings. The largest absolute Gasteiger partial charge is 0.368 e. The van der Waals surface area contributed by atoms with E-state index in [0.29, 0.717) is 18.1 Å². The Balaban J connectivity index is 1.28. The van der Waals surface area contributed by atoms with Crippen LogP contribution in [0.15, 0.2) is 48.5 Å². The van der Waals surface area contributed by atoms with Crippen LogP contribution in [0.25, 0.3) is 11.3 Å². The van der Waals surface area contributed by atoms with E-state index in [1.54, 1.807) is 4.90 Å². The molecule has 1 N–H and O–H groups in total. The average molecular weight is 483 g/mol. The van der Waals surface area contributed by atoms with Crippen molar-refractivity contribution in [3.8, 4) is 11.3 Å². The second kappa shape index (κ2) is 10.4. The minimum Gasteiger partial charge on any atom is -0.368 e. The lowest BCUT2D eigenvalue weighted by Crippen LogP contribution is -2.51. The Hall–Kier alpha value is -2.90. The van der Waals surface area contributed by atoms with Gasteiger partial charge in [-0.25, -0.2) is 4.98 Å². The van der Waals surface area contributed by atoms with Crippen LogP contribution in [0.4, 0.5) is 5.69 Å². The molecule has 0 aliphatic carbocycles. The number of hydrogen-bond acceptors (Lipinski definition) is 5. The minimum atomic E-state index is -0.167. The fraction of sp³-hybridized carbons (Fsp3) is 0.320. The smallest absolute Gasteiger partial charge is 0.242 e. The van der Waals surface area contributed by atoms with Crippen molar-refractivity contribution >= 4 is 40.4 Å². The molecule has 33 heavy (non-hydrogen) atoms. The van der Waals surface area contributed by atoms with Gasteiger partial charge < -0.3 is 15.1 Å². The summed E-state index contributed by atoms with van der Waals surface area (Å²) in [5.74, 6) is -0.224. The van der Waals surface area contributed by atoms with Gasteiger partial charge in [0.1, 0.15) is 0 Å². The van der Waals surface area contributed by atoms with Crippen molar-refractivity contribution in [1.82, 2.24) is 15.2 Å². The van der Waals surface area contributed by atoms with E-state index in [1.165, 1.54) is 16.9 Å². The maximum atomic E-state index is 12.6. The van der Waals surface area contributed by atoms with Crippen LogP contribution >= 0.6 is 22.9 Å². The number of piperazine rings is 1. The highest BCUT2D eigenvalue weighted by molar-refractivity contribution is 7.12. The average Bonchev–Trinajstić information content (AvgIpc) is 3.18. The predicted octanol–water partition coefficient (Wildman–Crippen LogP) is 4.09. The number of thiazole rings is 1. The number of carbonyl (C=O) groups excluding carboxylic acids is 2. The van der Waals surface area contributed by atoms with Gasteiger partial charge in [-0.05, 0) is 38.1 Å². The van der Waals surface area contributed by atoms with E-state index < -0.39 is 0 Å². The number of carbonyl (C=O) groups is 2. The predicted molar refractivity (Wildman–Crippen MR) is 134 cm³/mol. The van der Waals surface area contributed by atoms with Crippen LogP contribution in [-0.2, 0) is 16.0 Å². The van der Waals surface area contributed by atoms with Gasteiger partial charge in [0.2, 0.25) is 11.8 Å². The summed E-state index contributed by atoms with van der Waals surface area (Å²) in [6.45, 7) is 6.75. The van der Waals surface area contributed by atoms with Crippen molar-refractivity contribution < 1.29 is 9.59 Å². The monoisotopic (exact) mass is 482 g/mol. The first-order valence-electron chi connectivity index (χ1n) is 11.0. The van der Waals surface area contributed by atoms with Crippen molar-refractivity contribution in [2.45, 2.75) is 20.3 Å². The molecule has 1 aliphatic heterocycles. The number of nitrogens with one attached hydrogen (secondary N) is 1. The van der Waals surface area contributed by atoms with E-state index in [1.807, 2.05) is 62.4 Å². The molecule has 2 heterocycles. The number of hydrogen-bond donors (Lipinski definition) is 1. The first-order valence-corrected chi connectivity index (χ1v) is 12.2. The maximum absolute atomic E-state index is 12.6. The van der Waals surface area contributed by atoms with Gasteiger partial charge in [-0.15, -0.1) is 11.3 Å². The molecular formula is C25H27ClN4O2S. The van der Waals surface area contributed by atoms with Crippen LogP contribution in [-0.4, -0.2) is 54.4 Å². The van der Waals surface area contributed by atoms with E-state index in [2.05, 4.69) is 15.2 Å². The zero-order chi connectivity index (χ0) is 23.4. The highest BCUT2D eigenvalue weighted by Gasteiger charge is 2.22. The second-order valence-corrected chi connectivity index (χ2v) is 9.89.